The van der Waals surface area contributed by atoms with E-state index in [1.807, 2.05) is 41.5 Å². The van der Waals surface area contributed by atoms with Crippen molar-refractivity contribution < 1.29 is 46.0 Å². The van der Waals surface area contributed by atoms with Crippen LogP contribution in [0.25, 0.3) is 0 Å². The van der Waals surface area contributed by atoms with Crippen LogP contribution in [0.2, 0.25) is 0 Å². The molecule has 6 rings (SSSR count). The first-order valence-corrected chi connectivity index (χ1v) is 25.1. The van der Waals surface area contributed by atoms with Crippen molar-refractivity contribution in [3.8, 4) is 0 Å². The van der Waals surface area contributed by atoms with Crippen LogP contribution in [0.1, 0.15) is 41.5 Å². The van der Waals surface area contributed by atoms with Gasteiger partial charge in [-0.25, -0.2) is 0 Å². The van der Waals surface area contributed by atoms with Gasteiger partial charge in [0.1, 0.15) is 0 Å². The number of rotatable bonds is 18. The van der Waals surface area contributed by atoms with Crippen LogP contribution in [0.15, 0.2) is 182 Å². The van der Waals surface area contributed by atoms with Crippen molar-refractivity contribution in [3.63, 3.8) is 0 Å². The van der Waals surface area contributed by atoms with Crippen molar-refractivity contribution >= 4 is 66.7 Å². The van der Waals surface area contributed by atoms with E-state index in [9.17, 15) is 0 Å². The Kier molecular flexibility index (Phi) is 29.8. The maximum atomic E-state index is 5.18. The summed E-state index contributed by atoms with van der Waals surface area (Å²) in [5.41, 5.74) is 0. The summed E-state index contributed by atoms with van der Waals surface area (Å²) in [5, 5.41) is 8.39. The summed E-state index contributed by atoms with van der Waals surface area (Å²) in [6.07, 6.45) is 0. The van der Waals surface area contributed by atoms with Crippen LogP contribution in [0.4, 0.5) is 0 Å². The molecule has 2 radical (unpaired) electrons. The van der Waals surface area contributed by atoms with Gasteiger partial charge in [-0.2, -0.15) is 0 Å². The Morgan fingerprint density at radius 2 is 0.407 bits per heavy atom. The molecule has 59 heavy (non-hydrogen) atoms. The Labute approximate surface area is 373 Å². The first kappa shape index (κ1) is 52.1. The summed E-state index contributed by atoms with van der Waals surface area (Å²) in [6.45, 7) is 15.6. The van der Waals surface area contributed by atoms with Crippen molar-refractivity contribution in [2.45, 2.75) is 41.5 Å². The Morgan fingerprint density at radius 3 is 0.525 bits per heavy atom. The van der Waals surface area contributed by atoms with Crippen molar-refractivity contribution in [3.05, 3.63) is 182 Å². The van der Waals surface area contributed by atoms with E-state index in [-0.39, 0.29) is 19.5 Å². The van der Waals surface area contributed by atoms with Crippen LogP contribution < -0.4 is 31.8 Å². The SMILES string of the molecule is CCO[Si](OCC)OCC.CCO[Si](OCC)OCC.[Ru].c1ccc(P(c2ccccc2)c2ccccc2)cc1.c1ccc(P(c2ccccc2)c2ccccc2)cc1. The largest absolute Gasteiger partial charge is 0.577 e. The van der Waals surface area contributed by atoms with Gasteiger partial charge in [-0.1, -0.05) is 182 Å². The van der Waals surface area contributed by atoms with Crippen LogP contribution in [0.5, 0.6) is 0 Å². The van der Waals surface area contributed by atoms with Crippen molar-refractivity contribution in [1.82, 2.24) is 0 Å². The van der Waals surface area contributed by atoms with Gasteiger partial charge in [-0.05, 0) is 89.2 Å². The molecule has 0 saturated carbocycles. The fourth-order valence-corrected chi connectivity index (χ4v) is 11.8. The topological polar surface area (TPSA) is 55.4 Å². The van der Waals surface area contributed by atoms with Crippen molar-refractivity contribution in [2.24, 2.45) is 0 Å². The summed E-state index contributed by atoms with van der Waals surface area (Å²) >= 11 is 0. The van der Waals surface area contributed by atoms with Gasteiger partial charge in [0.25, 0.3) is 0 Å². The summed E-state index contributed by atoms with van der Waals surface area (Å²) in [5.74, 6) is 0. The average Bonchev–Trinajstić information content (AvgIpc) is 3.28. The zero-order valence-electron chi connectivity index (χ0n) is 35.3. The van der Waals surface area contributed by atoms with Crippen LogP contribution >= 0.6 is 15.8 Å². The second-order valence-electron chi connectivity index (χ2n) is 11.8. The molecule has 0 fully saturated rings. The van der Waals surface area contributed by atoms with E-state index in [1.54, 1.807) is 0 Å². The van der Waals surface area contributed by atoms with E-state index in [1.165, 1.54) is 31.8 Å². The fraction of sp³-hybridized carbons (Fsp3) is 0.250. The normalized spacial score (nSPS) is 10.5. The molecule has 6 aromatic rings. The number of hydrogen-bond acceptors (Lipinski definition) is 6. The quantitative estimate of drug-likeness (QED) is 0.0634. The van der Waals surface area contributed by atoms with Crippen LogP contribution in [-0.2, 0) is 46.0 Å². The van der Waals surface area contributed by atoms with E-state index in [0.717, 1.165) is 0 Å². The Balaban J connectivity index is 0.000000283. The third-order valence-corrected chi connectivity index (χ3v) is 15.7. The van der Waals surface area contributed by atoms with Gasteiger partial charge in [0.05, 0.1) is 0 Å². The monoisotopic (exact) mass is 952 g/mol. The maximum Gasteiger partial charge on any atom is 0.577 e. The molecule has 0 spiro atoms. The van der Waals surface area contributed by atoms with Crippen LogP contribution in [-0.4, -0.2) is 58.7 Å². The molecule has 0 saturated heterocycles. The van der Waals surface area contributed by atoms with Gasteiger partial charge < -0.3 is 26.6 Å². The van der Waals surface area contributed by atoms with E-state index < -0.39 is 34.9 Å². The number of benzene rings is 6. The summed E-state index contributed by atoms with van der Waals surface area (Å²) in [4.78, 5) is 0. The van der Waals surface area contributed by atoms with Crippen LogP contribution in [0.3, 0.4) is 0 Å². The summed E-state index contributed by atoms with van der Waals surface area (Å²) < 4.78 is 31.1. The molecule has 0 atom stereocenters. The minimum absolute atomic E-state index is 0. The molecule has 314 valence electrons. The second-order valence-corrected chi connectivity index (χ2v) is 19.0. The summed E-state index contributed by atoms with van der Waals surface area (Å²) in [7, 11) is -3.69. The molecule has 0 aliphatic heterocycles. The van der Waals surface area contributed by atoms with Crippen molar-refractivity contribution in [2.75, 3.05) is 39.6 Å². The van der Waals surface area contributed by atoms with Crippen LogP contribution in [0, 0.1) is 0 Å². The molecule has 0 unspecified atom stereocenters. The third-order valence-electron chi connectivity index (χ3n) is 7.66. The van der Waals surface area contributed by atoms with E-state index >= 15 is 0 Å². The molecule has 0 N–H and O–H groups in total. The Morgan fingerprint density at radius 1 is 0.271 bits per heavy atom. The first-order valence-electron chi connectivity index (χ1n) is 20.0. The summed E-state index contributed by atoms with van der Waals surface area (Å²) in [6, 6.07) is 64.7. The van der Waals surface area contributed by atoms with Gasteiger partial charge in [0, 0.05) is 59.1 Å². The van der Waals surface area contributed by atoms with Crippen molar-refractivity contribution in [1.29, 1.82) is 0 Å². The van der Waals surface area contributed by atoms with E-state index in [0.29, 0.717) is 39.6 Å². The number of hydrogen-bond donors (Lipinski definition) is 0. The maximum absolute atomic E-state index is 5.18. The molecule has 0 aliphatic rings. The van der Waals surface area contributed by atoms with Gasteiger partial charge >= 0.3 is 19.1 Å². The molecule has 0 heterocycles. The Bertz CT molecular complexity index is 1470. The molecule has 0 aliphatic carbocycles. The smallest absolute Gasteiger partial charge is 0.371 e. The molecule has 6 nitrogen and oxygen atoms in total. The minimum Gasteiger partial charge on any atom is -0.371 e. The molecular weight excluding hydrogens is 892 g/mol. The Hall–Kier alpha value is -3.00. The predicted octanol–water partition coefficient (Wildman–Crippen LogP) is 9.05. The second kappa shape index (κ2) is 33.7. The molecule has 0 bridgehead atoms. The first-order chi connectivity index (χ1) is 28.6. The fourth-order valence-electron chi connectivity index (χ4n) is 5.31. The molecule has 6 aromatic carbocycles. The zero-order chi connectivity index (χ0) is 41.5. The van der Waals surface area contributed by atoms with E-state index in [4.69, 9.17) is 26.6 Å². The minimum atomic E-state index is -1.40. The molecular formula is C48H60O6P2RuSi2. The standard InChI is InChI=1S/2C18H15P.2C6H15O3Si.Ru/c2*1-4-10-16(11-5-1)19(17-12-6-2-7-13-17)18-14-8-3-9-15-18;2*1-4-7-10(8-5-2)9-6-3;/h2*1-15H;2*4-6H2,1-3H3;. The third kappa shape index (κ3) is 20.4. The molecule has 0 aromatic heterocycles. The van der Waals surface area contributed by atoms with Gasteiger partial charge in [0.2, 0.25) is 0 Å². The van der Waals surface area contributed by atoms with E-state index in [2.05, 4.69) is 182 Å². The molecule has 0 amide bonds. The van der Waals surface area contributed by atoms with Gasteiger partial charge in [0.15, 0.2) is 0 Å². The van der Waals surface area contributed by atoms with Gasteiger partial charge in [-0.3, -0.25) is 0 Å². The van der Waals surface area contributed by atoms with Gasteiger partial charge in [-0.15, -0.1) is 0 Å². The zero-order valence-corrected chi connectivity index (χ0v) is 40.8. The molecule has 11 heteroatoms. The predicted molar refractivity (Wildman–Crippen MR) is 252 cm³/mol. The average molecular weight is 952 g/mol.